The number of ketones is 1. The average molecular weight is 200 g/mol. The maximum Gasteiger partial charge on any atom is 0.137 e. The number of Topliss-reactive ketones (excluding diaryl/α,β-unsaturated/α-hetero) is 1. The molecule has 3 heteroatoms. The van der Waals surface area contributed by atoms with Gasteiger partial charge < -0.3 is 10.7 Å². The summed E-state index contributed by atoms with van der Waals surface area (Å²) in [5, 5.41) is 1.11. The van der Waals surface area contributed by atoms with Crippen molar-refractivity contribution in [3.05, 3.63) is 29.5 Å². The van der Waals surface area contributed by atoms with Gasteiger partial charge in [0.05, 0.1) is 0 Å². The molecule has 0 amide bonds. The molecule has 0 aliphatic heterocycles. The summed E-state index contributed by atoms with van der Waals surface area (Å²) >= 11 is 0. The second-order valence-electron chi connectivity index (χ2n) is 4.10. The molecule has 0 saturated carbocycles. The number of anilines is 1. The number of nitrogens with two attached hydrogens (primary N) is 1. The minimum absolute atomic E-state index is 0.325. The van der Waals surface area contributed by atoms with E-state index in [1.165, 1.54) is 5.69 Å². The van der Waals surface area contributed by atoms with Crippen LogP contribution in [-0.2, 0) is 17.6 Å². The third kappa shape index (κ3) is 1.23. The number of fused-ring (bicyclic) bond motifs is 3. The lowest BCUT2D eigenvalue weighted by atomic mass is 9.94. The third-order valence-corrected chi connectivity index (χ3v) is 3.05. The molecule has 0 atom stereocenters. The van der Waals surface area contributed by atoms with Crippen LogP contribution in [0.3, 0.4) is 0 Å². The maximum absolute atomic E-state index is 11.4. The molecule has 3 rings (SSSR count). The van der Waals surface area contributed by atoms with E-state index in [0.29, 0.717) is 18.6 Å². The van der Waals surface area contributed by atoms with Crippen LogP contribution in [0.1, 0.15) is 17.7 Å². The molecule has 0 unspecified atom stereocenters. The van der Waals surface area contributed by atoms with Crippen molar-refractivity contribution in [2.24, 2.45) is 0 Å². The Balaban J connectivity index is 2.30. The number of hydrogen-bond acceptors (Lipinski definition) is 2. The molecule has 0 spiro atoms. The average Bonchev–Trinajstić information content (AvgIpc) is 2.56. The number of aryl methyl sites for hydroxylation is 1. The van der Waals surface area contributed by atoms with Gasteiger partial charge in [-0.15, -0.1) is 0 Å². The smallest absolute Gasteiger partial charge is 0.137 e. The number of aromatic amines is 1. The van der Waals surface area contributed by atoms with Gasteiger partial charge in [0.15, 0.2) is 0 Å². The van der Waals surface area contributed by atoms with Crippen LogP contribution in [0.2, 0.25) is 0 Å². The van der Waals surface area contributed by atoms with E-state index in [1.807, 2.05) is 18.2 Å². The highest BCUT2D eigenvalue weighted by molar-refractivity contribution is 5.94. The summed E-state index contributed by atoms with van der Waals surface area (Å²) < 4.78 is 0. The topological polar surface area (TPSA) is 58.9 Å². The van der Waals surface area contributed by atoms with Crippen molar-refractivity contribution >= 4 is 22.4 Å². The Hall–Kier alpha value is -1.77. The first-order valence-electron chi connectivity index (χ1n) is 5.15. The highest BCUT2D eigenvalue weighted by atomic mass is 16.1. The molecule has 3 nitrogen and oxygen atoms in total. The molecule has 0 bridgehead atoms. The minimum Gasteiger partial charge on any atom is -0.399 e. The lowest BCUT2D eigenvalue weighted by Crippen LogP contribution is -2.12. The van der Waals surface area contributed by atoms with Crippen LogP contribution in [0.25, 0.3) is 10.9 Å². The van der Waals surface area contributed by atoms with E-state index < -0.39 is 0 Å². The van der Waals surface area contributed by atoms with E-state index in [9.17, 15) is 4.79 Å². The molecule has 1 aromatic heterocycles. The number of carbonyl (C=O) groups is 1. The standard InChI is InChI=1S/C12H12N2O/c13-7-1-3-11-9(5-7)10-6-8(15)2-4-12(10)14-11/h1,3,5,14H,2,4,6,13H2. The number of benzene rings is 1. The second-order valence-corrected chi connectivity index (χ2v) is 4.10. The molecule has 0 fully saturated rings. The highest BCUT2D eigenvalue weighted by Crippen LogP contribution is 2.28. The van der Waals surface area contributed by atoms with Crippen LogP contribution >= 0.6 is 0 Å². The van der Waals surface area contributed by atoms with Crippen LogP contribution in [0.15, 0.2) is 18.2 Å². The van der Waals surface area contributed by atoms with Crippen molar-refractivity contribution in [1.82, 2.24) is 4.98 Å². The van der Waals surface area contributed by atoms with Crippen molar-refractivity contribution in [3.8, 4) is 0 Å². The largest absolute Gasteiger partial charge is 0.399 e. The van der Waals surface area contributed by atoms with Crippen LogP contribution in [0.4, 0.5) is 5.69 Å². The van der Waals surface area contributed by atoms with E-state index in [2.05, 4.69) is 4.98 Å². The summed E-state index contributed by atoms with van der Waals surface area (Å²) in [5.41, 5.74) is 9.94. The molecule has 1 heterocycles. The summed E-state index contributed by atoms with van der Waals surface area (Å²) in [6.07, 6.45) is 2.05. The fraction of sp³-hybridized carbons (Fsp3) is 0.250. The Morgan fingerprint density at radius 2 is 2.13 bits per heavy atom. The normalized spacial score (nSPS) is 15.6. The fourth-order valence-corrected chi connectivity index (χ4v) is 2.29. The van der Waals surface area contributed by atoms with E-state index in [0.717, 1.165) is 28.6 Å². The van der Waals surface area contributed by atoms with Gasteiger partial charge in [-0.05, 0) is 30.2 Å². The summed E-state index contributed by atoms with van der Waals surface area (Å²) in [6, 6.07) is 5.81. The van der Waals surface area contributed by atoms with Gasteiger partial charge in [0.25, 0.3) is 0 Å². The van der Waals surface area contributed by atoms with Crippen LogP contribution < -0.4 is 5.73 Å². The number of nitrogens with one attached hydrogen (secondary N) is 1. The Labute approximate surface area is 87.3 Å². The van der Waals surface area contributed by atoms with Crippen LogP contribution in [-0.4, -0.2) is 10.8 Å². The molecule has 0 saturated heterocycles. The maximum atomic E-state index is 11.4. The minimum atomic E-state index is 0.325. The zero-order valence-electron chi connectivity index (χ0n) is 8.34. The fourth-order valence-electron chi connectivity index (χ4n) is 2.29. The molecule has 1 aliphatic rings. The molecule has 15 heavy (non-hydrogen) atoms. The number of rotatable bonds is 0. The Morgan fingerprint density at radius 1 is 1.27 bits per heavy atom. The molecular formula is C12H12N2O. The Morgan fingerprint density at radius 3 is 3.00 bits per heavy atom. The van der Waals surface area contributed by atoms with Crippen molar-refractivity contribution in [2.75, 3.05) is 5.73 Å². The summed E-state index contributed by atoms with van der Waals surface area (Å²) in [7, 11) is 0. The SMILES string of the molecule is Nc1ccc2[nH]c3c(c2c1)CC(=O)CC3. The first-order chi connectivity index (χ1) is 7.24. The first kappa shape index (κ1) is 8.53. The lowest BCUT2D eigenvalue weighted by molar-refractivity contribution is -0.118. The summed E-state index contributed by atoms with van der Waals surface area (Å²) in [6.45, 7) is 0. The number of aromatic nitrogens is 1. The van der Waals surface area contributed by atoms with Gasteiger partial charge in [0, 0.05) is 35.1 Å². The molecule has 1 aromatic carbocycles. The van der Waals surface area contributed by atoms with Crippen LogP contribution in [0, 0.1) is 0 Å². The molecular weight excluding hydrogens is 188 g/mol. The number of hydrogen-bond donors (Lipinski definition) is 2. The zero-order valence-corrected chi connectivity index (χ0v) is 8.34. The van der Waals surface area contributed by atoms with Gasteiger partial charge in [-0.25, -0.2) is 0 Å². The predicted octanol–water partition coefficient (Wildman–Crippen LogP) is 1.81. The highest BCUT2D eigenvalue weighted by Gasteiger charge is 2.19. The van der Waals surface area contributed by atoms with Crippen molar-refractivity contribution in [3.63, 3.8) is 0 Å². The van der Waals surface area contributed by atoms with E-state index in [1.54, 1.807) is 0 Å². The van der Waals surface area contributed by atoms with Crippen molar-refractivity contribution in [2.45, 2.75) is 19.3 Å². The first-order valence-corrected chi connectivity index (χ1v) is 5.15. The predicted molar refractivity (Wildman–Crippen MR) is 59.7 cm³/mol. The molecule has 0 radical (unpaired) electrons. The monoisotopic (exact) mass is 200 g/mol. The van der Waals surface area contributed by atoms with Crippen molar-refractivity contribution < 1.29 is 4.79 Å². The quantitative estimate of drug-likeness (QED) is 0.637. The lowest BCUT2D eigenvalue weighted by Gasteiger charge is -2.09. The van der Waals surface area contributed by atoms with E-state index in [-0.39, 0.29) is 0 Å². The van der Waals surface area contributed by atoms with Crippen LogP contribution in [0.5, 0.6) is 0 Å². The van der Waals surface area contributed by atoms with Gasteiger partial charge in [-0.3, -0.25) is 4.79 Å². The van der Waals surface area contributed by atoms with Gasteiger partial charge in [0.2, 0.25) is 0 Å². The Bertz CT molecular complexity index is 554. The van der Waals surface area contributed by atoms with Gasteiger partial charge in [0.1, 0.15) is 5.78 Å². The van der Waals surface area contributed by atoms with E-state index in [4.69, 9.17) is 5.73 Å². The molecule has 1 aliphatic carbocycles. The molecule has 3 N–H and O–H groups in total. The van der Waals surface area contributed by atoms with Crippen molar-refractivity contribution in [1.29, 1.82) is 0 Å². The zero-order chi connectivity index (χ0) is 10.4. The van der Waals surface area contributed by atoms with E-state index >= 15 is 0 Å². The third-order valence-electron chi connectivity index (χ3n) is 3.05. The second kappa shape index (κ2) is 2.86. The summed E-state index contributed by atoms with van der Waals surface area (Å²) in [5.74, 6) is 0.325. The summed E-state index contributed by atoms with van der Waals surface area (Å²) in [4.78, 5) is 14.8. The van der Waals surface area contributed by atoms with Gasteiger partial charge >= 0.3 is 0 Å². The van der Waals surface area contributed by atoms with Gasteiger partial charge in [-0.2, -0.15) is 0 Å². The molecule has 2 aromatic rings. The molecule has 76 valence electrons. The number of nitrogen functional groups attached to an aromatic ring is 1. The Kier molecular flexibility index (Phi) is 1.63. The number of H-pyrrole nitrogens is 1. The van der Waals surface area contributed by atoms with Gasteiger partial charge in [-0.1, -0.05) is 0 Å². The number of carbonyl (C=O) groups excluding carboxylic acids is 1.